The molecule has 0 saturated heterocycles. The maximum absolute atomic E-state index is 12.0. The van der Waals surface area contributed by atoms with Crippen molar-refractivity contribution in [1.29, 1.82) is 0 Å². The standard InChI is InChI=1S/C17H13NO/c19-17-12-15(14-9-5-2-6-10-14)18-16(17)11-13-7-3-1-4-8-13/h1-11H,12H2/b16-11-. The maximum atomic E-state index is 12.0. The summed E-state index contributed by atoms with van der Waals surface area (Å²) in [4.78, 5) is 16.4. The van der Waals surface area contributed by atoms with Crippen molar-refractivity contribution in [2.75, 3.05) is 0 Å². The lowest BCUT2D eigenvalue weighted by molar-refractivity contribution is -0.114. The van der Waals surface area contributed by atoms with Gasteiger partial charge in [0.2, 0.25) is 0 Å². The van der Waals surface area contributed by atoms with E-state index in [9.17, 15) is 4.79 Å². The summed E-state index contributed by atoms with van der Waals surface area (Å²) in [6.07, 6.45) is 2.24. The fraction of sp³-hybridized carbons (Fsp3) is 0.0588. The third-order valence-electron chi connectivity index (χ3n) is 3.08. The minimum Gasteiger partial charge on any atom is -0.292 e. The molecule has 92 valence electrons. The lowest BCUT2D eigenvalue weighted by atomic mass is 10.1. The van der Waals surface area contributed by atoms with Crippen LogP contribution in [0.5, 0.6) is 0 Å². The molecule has 0 radical (unpaired) electrons. The molecule has 1 heterocycles. The highest BCUT2D eigenvalue weighted by Gasteiger charge is 2.21. The number of hydrogen-bond donors (Lipinski definition) is 0. The predicted molar refractivity (Wildman–Crippen MR) is 77.0 cm³/mol. The van der Waals surface area contributed by atoms with Crippen LogP contribution in [0.25, 0.3) is 6.08 Å². The Morgan fingerprint density at radius 2 is 1.53 bits per heavy atom. The van der Waals surface area contributed by atoms with Gasteiger partial charge >= 0.3 is 0 Å². The summed E-state index contributed by atoms with van der Waals surface area (Å²) in [5.41, 5.74) is 3.43. The largest absolute Gasteiger partial charge is 0.292 e. The van der Waals surface area contributed by atoms with Crippen LogP contribution in [-0.2, 0) is 4.79 Å². The number of hydrogen-bond acceptors (Lipinski definition) is 2. The van der Waals surface area contributed by atoms with Gasteiger partial charge in [0.05, 0.1) is 12.1 Å². The van der Waals surface area contributed by atoms with E-state index in [1.54, 1.807) is 0 Å². The summed E-state index contributed by atoms with van der Waals surface area (Å²) >= 11 is 0. The summed E-state index contributed by atoms with van der Waals surface area (Å²) in [5.74, 6) is 0.0858. The van der Waals surface area contributed by atoms with Gasteiger partial charge in [-0.05, 0) is 17.2 Å². The second-order valence-corrected chi connectivity index (χ2v) is 4.46. The van der Waals surface area contributed by atoms with E-state index in [4.69, 9.17) is 0 Å². The topological polar surface area (TPSA) is 29.4 Å². The van der Waals surface area contributed by atoms with Gasteiger partial charge in [-0.3, -0.25) is 4.79 Å². The third kappa shape index (κ3) is 2.52. The molecule has 2 aromatic rings. The number of allylic oxidation sites excluding steroid dienone is 1. The molecule has 0 N–H and O–H groups in total. The van der Waals surface area contributed by atoms with Gasteiger partial charge in [0, 0.05) is 0 Å². The first-order valence-electron chi connectivity index (χ1n) is 6.26. The van der Waals surface area contributed by atoms with Crippen molar-refractivity contribution >= 4 is 17.6 Å². The van der Waals surface area contributed by atoms with Gasteiger partial charge in [-0.25, -0.2) is 4.99 Å². The molecule has 1 aliphatic rings. The highest BCUT2D eigenvalue weighted by Crippen LogP contribution is 2.20. The third-order valence-corrected chi connectivity index (χ3v) is 3.08. The van der Waals surface area contributed by atoms with Crippen LogP contribution >= 0.6 is 0 Å². The molecule has 2 heteroatoms. The first kappa shape index (κ1) is 11.6. The van der Waals surface area contributed by atoms with Gasteiger partial charge in [0.1, 0.15) is 5.70 Å². The number of aliphatic imine (C=N–C) groups is 1. The van der Waals surface area contributed by atoms with Gasteiger partial charge in [0.25, 0.3) is 0 Å². The van der Waals surface area contributed by atoms with Crippen molar-refractivity contribution in [3.8, 4) is 0 Å². The number of benzene rings is 2. The van der Waals surface area contributed by atoms with E-state index >= 15 is 0 Å². The summed E-state index contributed by atoms with van der Waals surface area (Å²) in [6.45, 7) is 0. The molecule has 0 amide bonds. The summed E-state index contributed by atoms with van der Waals surface area (Å²) in [5, 5.41) is 0. The predicted octanol–water partition coefficient (Wildman–Crippen LogP) is 3.49. The van der Waals surface area contributed by atoms with Crippen molar-refractivity contribution in [3.63, 3.8) is 0 Å². The molecule has 0 spiro atoms. The van der Waals surface area contributed by atoms with E-state index in [-0.39, 0.29) is 5.78 Å². The van der Waals surface area contributed by atoms with E-state index in [0.717, 1.165) is 16.8 Å². The summed E-state index contributed by atoms with van der Waals surface area (Å²) in [6, 6.07) is 19.6. The van der Waals surface area contributed by atoms with Crippen LogP contribution in [-0.4, -0.2) is 11.5 Å². The Balaban J connectivity index is 1.94. The number of ketones is 1. The number of carbonyl (C=O) groups excluding carboxylic acids is 1. The highest BCUT2D eigenvalue weighted by atomic mass is 16.1. The second-order valence-electron chi connectivity index (χ2n) is 4.46. The highest BCUT2D eigenvalue weighted by molar-refractivity contribution is 6.22. The molecule has 0 unspecified atom stereocenters. The van der Waals surface area contributed by atoms with Crippen LogP contribution in [0.3, 0.4) is 0 Å². The molecular formula is C17H13NO. The lowest BCUT2D eigenvalue weighted by Gasteiger charge is -1.96. The Bertz CT molecular complexity index is 654. The molecule has 0 fully saturated rings. The normalized spacial score (nSPS) is 16.7. The molecule has 0 saturated carbocycles. The quantitative estimate of drug-likeness (QED) is 0.747. The van der Waals surface area contributed by atoms with Crippen molar-refractivity contribution in [3.05, 3.63) is 77.5 Å². The first-order valence-corrected chi connectivity index (χ1v) is 6.26. The molecule has 1 aliphatic heterocycles. The molecule has 19 heavy (non-hydrogen) atoms. The van der Waals surface area contributed by atoms with Crippen LogP contribution < -0.4 is 0 Å². The summed E-state index contributed by atoms with van der Waals surface area (Å²) in [7, 11) is 0. The van der Waals surface area contributed by atoms with Gasteiger partial charge in [0.15, 0.2) is 5.78 Å². The number of nitrogens with zero attached hydrogens (tertiary/aromatic N) is 1. The Morgan fingerprint density at radius 3 is 2.21 bits per heavy atom. The van der Waals surface area contributed by atoms with Crippen LogP contribution in [0.1, 0.15) is 17.5 Å². The van der Waals surface area contributed by atoms with E-state index in [0.29, 0.717) is 12.1 Å². The molecule has 0 aromatic heterocycles. The van der Waals surface area contributed by atoms with Crippen molar-refractivity contribution in [1.82, 2.24) is 0 Å². The zero-order valence-corrected chi connectivity index (χ0v) is 10.4. The Hall–Kier alpha value is -2.48. The van der Waals surface area contributed by atoms with Crippen molar-refractivity contribution < 1.29 is 4.79 Å². The van der Waals surface area contributed by atoms with Crippen molar-refractivity contribution in [2.45, 2.75) is 6.42 Å². The Morgan fingerprint density at radius 1 is 0.895 bits per heavy atom. The Labute approximate surface area is 112 Å². The van der Waals surface area contributed by atoms with Crippen molar-refractivity contribution in [2.24, 2.45) is 4.99 Å². The van der Waals surface area contributed by atoms with Gasteiger partial charge in [-0.2, -0.15) is 0 Å². The van der Waals surface area contributed by atoms with E-state index in [1.807, 2.05) is 66.7 Å². The van der Waals surface area contributed by atoms with E-state index in [1.165, 1.54) is 0 Å². The molecule has 0 bridgehead atoms. The van der Waals surface area contributed by atoms with Gasteiger partial charge in [-0.1, -0.05) is 60.7 Å². The lowest BCUT2D eigenvalue weighted by Crippen LogP contribution is -2.00. The second kappa shape index (κ2) is 5.02. The fourth-order valence-electron chi connectivity index (χ4n) is 2.11. The molecule has 0 aliphatic carbocycles. The first-order chi connectivity index (χ1) is 9.33. The number of carbonyl (C=O) groups is 1. The van der Waals surface area contributed by atoms with Gasteiger partial charge < -0.3 is 0 Å². The summed E-state index contributed by atoms with van der Waals surface area (Å²) < 4.78 is 0. The molecule has 2 nitrogen and oxygen atoms in total. The smallest absolute Gasteiger partial charge is 0.187 e. The van der Waals surface area contributed by atoms with E-state index < -0.39 is 0 Å². The zero-order valence-electron chi connectivity index (χ0n) is 10.4. The molecular weight excluding hydrogens is 234 g/mol. The number of Topliss-reactive ketones (excluding diaryl/α,β-unsaturated/α-hetero) is 1. The van der Waals surface area contributed by atoms with Crippen LogP contribution in [0.4, 0.5) is 0 Å². The van der Waals surface area contributed by atoms with Gasteiger partial charge in [-0.15, -0.1) is 0 Å². The average molecular weight is 247 g/mol. The minimum absolute atomic E-state index is 0.0858. The molecule has 0 atom stereocenters. The molecule has 3 rings (SSSR count). The zero-order chi connectivity index (χ0) is 13.1. The minimum atomic E-state index is 0.0858. The Kier molecular flexibility index (Phi) is 3.07. The van der Waals surface area contributed by atoms with Crippen LogP contribution in [0.15, 0.2) is 71.4 Å². The van der Waals surface area contributed by atoms with Crippen LogP contribution in [0.2, 0.25) is 0 Å². The SMILES string of the molecule is O=C1CC(c2ccccc2)=N/C1=C\c1ccccc1. The molecule has 2 aromatic carbocycles. The van der Waals surface area contributed by atoms with E-state index in [2.05, 4.69) is 4.99 Å². The average Bonchev–Trinajstić information content (AvgIpc) is 2.82. The number of rotatable bonds is 2. The monoisotopic (exact) mass is 247 g/mol. The fourth-order valence-corrected chi connectivity index (χ4v) is 2.11. The van der Waals surface area contributed by atoms with Crippen LogP contribution in [0, 0.1) is 0 Å². The maximum Gasteiger partial charge on any atom is 0.187 e.